The van der Waals surface area contributed by atoms with E-state index in [1.165, 1.54) is 24.0 Å². The highest BCUT2D eigenvalue weighted by molar-refractivity contribution is 5.94. The molecular weight excluding hydrogens is 388 g/mol. The number of fused-ring (bicyclic) bond motifs is 1. The van der Waals surface area contributed by atoms with Crippen LogP contribution in [-0.4, -0.2) is 35.1 Å². The number of aromatic nitrogens is 2. The monoisotopic (exact) mass is 418 g/mol. The molecule has 0 bridgehead atoms. The molecule has 1 fully saturated rings. The van der Waals surface area contributed by atoms with E-state index < -0.39 is 0 Å². The molecule has 162 valence electrons. The highest BCUT2D eigenvalue weighted by Gasteiger charge is 2.47. The lowest BCUT2D eigenvalue weighted by Crippen LogP contribution is -2.51. The van der Waals surface area contributed by atoms with Crippen molar-refractivity contribution in [2.75, 3.05) is 23.4 Å². The molecule has 5 rings (SSSR count). The van der Waals surface area contributed by atoms with Crippen LogP contribution in [0.2, 0.25) is 0 Å². The molecule has 31 heavy (non-hydrogen) atoms. The Morgan fingerprint density at radius 1 is 1.26 bits per heavy atom. The smallest absolute Gasteiger partial charge is 0.224 e. The molecule has 6 nitrogen and oxygen atoms in total. The maximum absolute atomic E-state index is 12.8. The lowest BCUT2D eigenvalue weighted by Gasteiger charge is -2.46. The molecule has 1 aromatic heterocycles. The van der Waals surface area contributed by atoms with Crippen molar-refractivity contribution in [3.63, 3.8) is 0 Å². The zero-order chi connectivity index (χ0) is 21.5. The van der Waals surface area contributed by atoms with E-state index in [-0.39, 0.29) is 23.9 Å². The van der Waals surface area contributed by atoms with Gasteiger partial charge in [0, 0.05) is 36.5 Å². The molecule has 1 N–H and O–H groups in total. The number of hydrogen-bond donors (Lipinski definition) is 1. The number of anilines is 2. The van der Waals surface area contributed by atoms with Gasteiger partial charge in [0.15, 0.2) is 0 Å². The number of carbonyl (C=O) groups excluding carboxylic acids is 1. The molecule has 6 heteroatoms. The third-order valence-corrected chi connectivity index (χ3v) is 6.84. The molecule has 1 saturated carbocycles. The summed E-state index contributed by atoms with van der Waals surface area (Å²) < 4.78 is 5.50. The number of rotatable bonds is 4. The van der Waals surface area contributed by atoms with Gasteiger partial charge in [0.1, 0.15) is 0 Å². The van der Waals surface area contributed by atoms with Crippen molar-refractivity contribution in [2.24, 2.45) is 11.8 Å². The largest absolute Gasteiger partial charge is 0.377 e. The standard InChI is InChI=1S/C25H30N4O2/c1-15-8-11-26-25(27-15)28-23-16(2)24(19-4-5-19)29(17(3)30)22-7-6-20(14-21(22)23)18-9-12-31-13-10-18/h6-9,11,14,16,19,23-24H,4-5,10,12-13H2,1-3H3,(H,26,27,28). The zero-order valence-electron chi connectivity index (χ0n) is 18.5. The van der Waals surface area contributed by atoms with Crippen LogP contribution < -0.4 is 10.2 Å². The van der Waals surface area contributed by atoms with Crippen LogP contribution in [0.15, 0.2) is 36.5 Å². The second-order valence-electron chi connectivity index (χ2n) is 9.05. The predicted octanol–water partition coefficient (Wildman–Crippen LogP) is 4.52. The van der Waals surface area contributed by atoms with Crippen molar-refractivity contribution in [1.82, 2.24) is 9.97 Å². The SMILES string of the molecule is CC(=O)N1c2ccc(C3=CCOCC3)cc2C(Nc2nccc(C)n2)C(C)C1C1CC1. The summed E-state index contributed by atoms with van der Waals surface area (Å²) in [6, 6.07) is 8.69. The Morgan fingerprint density at radius 3 is 2.77 bits per heavy atom. The van der Waals surface area contributed by atoms with Gasteiger partial charge >= 0.3 is 0 Å². The Morgan fingerprint density at radius 2 is 2.10 bits per heavy atom. The van der Waals surface area contributed by atoms with E-state index in [9.17, 15) is 4.79 Å². The van der Waals surface area contributed by atoms with Crippen molar-refractivity contribution < 1.29 is 9.53 Å². The molecule has 3 unspecified atom stereocenters. The average Bonchev–Trinajstić information content (AvgIpc) is 3.60. The Bertz CT molecular complexity index is 1030. The number of ether oxygens (including phenoxy) is 1. The van der Waals surface area contributed by atoms with Gasteiger partial charge < -0.3 is 15.0 Å². The van der Waals surface area contributed by atoms with Crippen LogP contribution in [-0.2, 0) is 9.53 Å². The van der Waals surface area contributed by atoms with Gasteiger partial charge in [-0.25, -0.2) is 9.97 Å². The first kappa shape index (κ1) is 20.2. The minimum absolute atomic E-state index is 0.0402. The average molecular weight is 419 g/mol. The summed E-state index contributed by atoms with van der Waals surface area (Å²) in [6.45, 7) is 7.34. The van der Waals surface area contributed by atoms with Crippen LogP contribution in [0.4, 0.5) is 11.6 Å². The number of benzene rings is 1. The fourth-order valence-electron chi connectivity index (χ4n) is 5.21. The van der Waals surface area contributed by atoms with E-state index in [2.05, 4.69) is 51.4 Å². The van der Waals surface area contributed by atoms with Crippen molar-refractivity contribution in [1.29, 1.82) is 0 Å². The van der Waals surface area contributed by atoms with E-state index in [1.54, 1.807) is 13.1 Å². The summed E-state index contributed by atoms with van der Waals surface area (Å²) in [5.41, 5.74) is 5.62. The molecule has 3 heterocycles. The van der Waals surface area contributed by atoms with Crippen LogP contribution in [0.3, 0.4) is 0 Å². The van der Waals surface area contributed by atoms with Gasteiger partial charge in [0.25, 0.3) is 0 Å². The normalized spacial score (nSPS) is 25.6. The van der Waals surface area contributed by atoms with Gasteiger partial charge in [-0.05, 0) is 67.0 Å². The van der Waals surface area contributed by atoms with Crippen molar-refractivity contribution in [2.45, 2.75) is 52.1 Å². The maximum atomic E-state index is 12.8. The fraction of sp³-hybridized carbons (Fsp3) is 0.480. The van der Waals surface area contributed by atoms with Gasteiger partial charge in [-0.2, -0.15) is 0 Å². The second kappa shape index (κ2) is 8.08. The third kappa shape index (κ3) is 3.85. The summed E-state index contributed by atoms with van der Waals surface area (Å²) in [5, 5.41) is 3.63. The predicted molar refractivity (Wildman–Crippen MR) is 122 cm³/mol. The van der Waals surface area contributed by atoms with Crippen LogP contribution in [0.5, 0.6) is 0 Å². The minimum atomic E-state index is 0.0402. The van der Waals surface area contributed by atoms with Crippen molar-refractivity contribution in [3.05, 3.63) is 53.4 Å². The van der Waals surface area contributed by atoms with E-state index in [1.807, 2.05) is 13.0 Å². The molecule has 0 spiro atoms. The molecular formula is C25H30N4O2. The fourth-order valence-corrected chi connectivity index (χ4v) is 5.21. The Kier molecular flexibility index (Phi) is 5.26. The summed E-state index contributed by atoms with van der Waals surface area (Å²) in [4.78, 5) is 23.9. The number of amides is 1. The van der Waals surface area contributed by atoms with Gasteiger partial charge in [0.05, 0.1) is 19.3 Å². The van der Waals surface area contributed by atoms with Crippen LogP contribution in [0.25, 0.3) is 5.57 Å². The molecule has 2 aromatic rings. The maximum Gasteiger partial charge on any atom is 0.224 e. The first-order valence-electron chi connectivity index (χ1n) is 11.3. The van der Waals surface area contributed by atoms with E-state index in [0.29, 0.717) is 18.5 Å². The van der Waals surface area contributed by atoms with Crippen LogP contribution in [0, 0.1) is 18.8 Å². The number of hydrogen-bond acceptors (Lipinski definition) is 5. The van der Waals surface area contributed by atoms with E-state index >= 15 is 0 Å². The molecule has 0 radical (unpaired) electrons. The lowest BCUT2D eigenvalue weighted by atomic mass is 9.79. The Balaban J connectivity index is 1.61. The number of aryl methyl sites for hydroxylation is 1. The summed E-state index contributed by atoms with van der Waals surface area (Å²) in [5.74, 6) is 1.57. The summed E-state index contributed by atoms with van der Waals surface area (Å²) >= 11 is 0. The van der Waals surface area contributed by atoms with Crippen LogP contribution in [0.1, 0.15) is 56.0 Å². The molecule has 0 saturated heterocycles. The van der Waals surface area contributed by atoms with Gasteiger partial charge in [-0.3, -0.25) is 4.79 Å². The molecule has 1 aromatic carbocycles. The zero-order valence-corrected chi connectivity index (χ0v) is 18.5. The summed E-state index contributed by atoms with van der Waals surface area (Å²) in [6.07, 6.45) is 7.25. The highest BCUT2D eigenvalue weighted by atomic mass is 16.5. The molecule has 3 aliphatic rings. The first-order chi connectivity index (χ1) is 15.0. The van der Waals surface area contributed by atoms with Crippen LogP contribution >= 0.6 is 0 Å². The molecule has 2 aliphatic heterocycles. The minimum Gasteiger partial charge on any atom is -0.377 e. The van der Waals surface area contributed by atoms with Crippen molar-refractivity contribution >= 4 is 23.1 Å². The summed E-state index contributed by atoms with van der Waals surface area (Å²) in [7, 11) is 0. The Hall–Kier alpha value is -2.73. The van der Waals surface area contributed by atoms with E-state index in [4.69, 9.17) is 4.74 Å². The van der Waals surface area contributed by atoms with Crippen molar-refractivity contribution in [3.8, 4) is 0 Å². The molecule has 1 aliphatic carbocycles. The topological polar surface area (TPSA) is 67.3 Å². The number of nitrogens with one attached hydrogen (secondary N) is 1. The number of carbonyl (C=O) groups is 1. The lowest BCUT2D eigenvalue weighted by molar-refractivity contribution is -0.117. The third-order valence-electron chi connectivity index (χ3n) is 6.84. The highest BCUT2D eigenvalue weighted by Crippen LogP contribution is 2.50. The van der Waals surface area contributed by atoms with Gasteiger partial charge in [0.2, 0.25) is 11.9 Å². The first-order valence-corrected chi connectivity index (χ1v) is 11.3. The van der Waals surface area contributed by atoms with E-state index in [0.717, 1.165) is 30.0 Å². The van der Waals surface area contributed by atoms with Gasteiger partial charge in [-0.15, -0.1) is 0 Å². The number of nitrogens with zero attached hydrogens (tertiary/aromatic N) is 3. The molecule has 3 atom stereocenters. The Labute approximate surface area is 183 Å². The van der Waals surface area contributed by atoms with Gasteiger partial charge in [-0.1, -0.05) is 19.1 Å². The quantitative estimate of drug-likeness (QED) is 0.791. The molecule has 1 amide bonds. The second-order valence-corrected chi connectivity index (χ2v) is 9.05.